The highest BCUT2D eigenvalue weighted by Crippen LogP contribution is 2.62. The lowest BCUT2D eigenvalue weighted by molar-refractivity contribution is -0.206. The number of ketones is 2. The van der Waals surface area contributed by atoms with E-state index in [2.05, 4.69) is 0 Å². The Morgan fingerprint density at radius 1 is 0.941 bits per heavy atom. The summed E-state index contributed by atoms with van der Waals surface area (Å²) in [4.78, 5) is 42.1. The van der Waals surface area contributed by atoms with Gasteiger partial charge in [-0.15, -0.1) is 0 Å². The molecule has 0 radical (unpaired) electrons. The Hall–Kier alpha value is -3.97. The maximum absolute atomic E-state index is 14.4. The fourth-order valence-corrected chi connectivity index (χ4v) is 5.48. The second-order valence-corrected chi connectivity index (χ2v) is 9.23. The Balaban J connectivity index is 1.88. The van der Waals surface area contributed by atoms with E-state index in [9.17, 15) is 19.5 Å². The van der Waals surface area contributed by atoms with Crippen LogP contribution >= 0.6 is 0 Å². The summed E-state index contributed by atoms with van der Waals surface area (Å²) < 4.78 is 17.9. The van der Waals surface area contributed by atoms with Crippen molar-refractivity contribution < 1.29 is 33.7 Å². The van der Waals surface area contributed by atoms with Gasteiger partial charge in [0, 0.05) is 27.5 Å². The first-order valence-electron chi connectivity index (χ1n) is 10.8. The number of methoxy groups -OCH3 is 1. The summed E-state index contributed by atoms with van der Waals surface area (Å²) >= 11 is 0. The quantitative estimate of drug-likeness (QED) is 0.337. The third-order valence-electron chi connectivity index (χ3n) is 6.89. The summed E-state index contributed by atoms with van der Waals surface area (Å²) in [6.45, 7) is 3.54. The van der Waals surface area contributed by atoms with E-state index in [1.54, 1.807) is 56.3 Å². The lowest BCUT2D eigenvalue weighted by Gasteiger charge is -2.38. The smallest absolute Gasteiger partial charge is 0.331 e. The summed E-state index contributed by atoms with van der Waals surface area (Å²) in [5, 5.41) is 12.2. The molecule has 1 aliphatic carbocycles. The highest BCUT2D eigenvalue weighted by Gasteiger charge is 2.75. The van der Waals surface area contributed by atoms with Crippen LogP contribution in [-0.4, -0.2) is 41.1 Å². The molecule has 1 N–H and O–H groups in total. The first-order chi connectivity index (χ1) is 16.2. The van der Waals surface area contributed by atoms with Crippen molar-refractivity contribution in [2.24, 2.45) is 0 Å². The van der Waals surface area contributed by atoms with E-state index >= 15 is 0 Å². The molecule has 0 unspecified atom stereocenters. The largest absolute Gasteiger partial charge is 0.507 e. The minimum absolute atomic E-state index is 0.0232. The molecule has 6 rings (SSSR count). The fraction of sp³-hybridized carbons (Fsp3) is 0.222. The Labute approximate surface area is 194 Å². The van der Waals surface area contributed by atoms with E-state index in [-0.39, 0.29) is 33.8 Å². The van der Waals surface area contributed by atoms with Crippen LogP contribution in [0.1, 0.15) is 45.7 Å². The van der Waals surface area contributed by atoms with E-state index < -0.39 is 34.3 Å². The molecule has 3 aromatic carbocycles. The van der Waals surface area contributed by atoms with Crippen LogP contribution in [0.25, 0.3) is 10.8 Å². The first-order valence-corrected chi connectivity index (χ1v) is 10.8. The number of carbonyl (C=O) groups is 3. The molecule has 0 aromatic heterocycles. The van der Waals surface area contributed by atoms with Crippen molar-refractivity contribution in [3.8, 4) is 11.5 Å². The van der Waals surface area contributed by atoms with E-state index in [1.807, 2.05) is 0 Å². The maximum atomic E-state index is 14.4. The van der Waals surface area contributed by atoms with Crippen LogP contribution in [0.2, 0.25) is 0 Å². The molecule has 1 spiro atoms. The first kappa shape index (κ1) is 20.6. The number of carbonyl (C=O) groups excluding carboxylic acids is 3. The second-order valence-electron chi connectivity index (χ2n) is 9.23. The molecule has 7 nitrogen and oxygen atoms in total. The molecule has 0 saturated heterocycles. The van der Waals surface area contributed by atoms with Crippen molar-refractivity contribution in [3.63, 3.8) is 0 Å². The number of hydrogen-bond acceptors (Lipinski definition) is 7. The average Bonchev–Trinajstić information content (AvgIpc) is 3.28. The lowest BCUT2D eigenvalue weighted by atomic mass is 9.68. The zero-order valence-corrected chi connectivity index (χ0v) is 18.7. The van der Waals surface area contributed by atoms with Crippen LogP contribution in [0.4, 0.5) is 0 Å². The van der Waals surface area contributed by atoms with Crippen molar-refractivity contribution in [2.45, 2.75) is 30.7 Å². The monoisotopic (exact) mass is 456 g/mol. The fourth-order valence-electron chi connectivity index (χ4n) is 5.48. The minimum Gasteiger partial charge on any atom is -0.507 e. The normalized spacial score (nSPS) is 25.7. The van der Waals surface area contributed by atoms with Crippen molar-refractivity contribution in [1.29, 1.82) is 0 Å². The Kier molecular flexibility index (Phi) is 3.84. The number of aromatic hydroxyl groups is 1. The second kappa shape index (κ2) is 6.33. The SMILES string of the molecule is COC(=O)[C@]12C(=O)c3ccccc3C(=O)c3c1c(c1ccccc1c3O)O[C@]21C=CC(C)(C)O1. The Morgan fingerprint density at radius 3 is 2.24 bits per heavy atom. The zero-order chi connectivity index (χ0) is 24.0. The number of ether oxygens (including phenoxy) is 3. The van der Waals surface area contributed by atoms with Gasteiger partial charge in [-0.05, 0) is 19.9 Å². The molecule has 0 fully saturated rings. The molecular formula is C27H20O7. The summed E-state index contributed by atoms with van der Waals surface area (Å²) in [6.07, 6.45) is 3.24. The molecule has 2 aliphatic heterocycles. The van der Waals surface area contributed by atoms with Gasteiger partial charge in [0.05, 0.1) is 18.3 Å². The predicted molar refractivity (Wildman–Crippen MR) is 121 cm³/mol. The van der Waals surface area contributed by atoms with Gasteiger partial charge in [0.25, 0.3) is 5.79 Å². The molecule has 2 heterocycles. The molecule has 170 valence electrons. The van der Waals surface area contributed by atoms with E-state index in [1.165, 1.54) is 25.3 Å². The summed E-state index contributed by atoms with van der Waals surface area (Å²) in [5.41, 5.74) is -3.22. The molecule has 3 aliphatic rings. The van der Waals surface area contributed by atoms with Crippen molar-refractivity contribution in [3.05, 3.63) is 82.9 Å². The van der Waals surface area contributed by atoms with E-state index in [0.717, 1.165) is 0 Å². The molecular weight excluding hydrogens is 436 g/mol. The number of phenolic OH excluding ortho intramolecular Hbond substituents is 1. The van der Waals surface area contributed by atoms with Crippen LogP contribution in [0.5, 0.6) is 11.5 Å². The highest BCUT2D eigenvalue weighted by atomic mass is 16.7. The van der Waals surface area contributed by atoms with E-state index in [0.29, 0.717) is 10.8 Å². The topological polar surface area (TPSA) is 99.1 Å². The third kappa shape index (κ3) is 2.18. The zero-order valence-electron chi connectivity index (χ0n) is 18.7. The molecule has 0 bridgehead atoms. The van der Waals surface area contributed by atoms with Gasteiger partial charge < -0.3 is 19.3 Å². The molecule has 3 aromatic rings. The van der Waals surface area contributed by atoms with Crippen LogP contribution < -0.4 is 4.74 Å². The maximum Gasteiger partial charge on any atom is 0.331 e. The van der Waals surface area contributed by atoms with Crippen molar-refractivity contribution in [1.82, 2.24) is 0 Å². The minimum atomic E-state index is -2.22. The number of fused-ring (bicyclic) bond motifs is 4. The average molecular weight is 456 g/mol. The van der Waals surface area contributed by atoms with Crippen molar-refractivity contribution in [2.75, 3.05) is 7.11 Å². The van der Waals surface area contributed by atoms with Crippen LogP contribution in [0.3, 0.4) is 0 Å². The molecule has 2 atom stereocenters. The van der Waals surface area contributed by atoms with Gasteiger partial charge in [-0.2, -0.15) is 0 Å². The number of Topliss-reactive ketones (excluding diaryl/α,β-unsaturated/α-hetero) is 1. The number of rotatable bonds is 1. The van der Waals surface area contributed by atoms with Gasteiger partial charge >= 0.3 is 5.97 Å². The Morgan fingerprint density at radius 2 is 1.59 bits per heavy atom. The number of phenols is 1. The van der Waals surface area contributed by atoms with Gasteiger partial charge in [0.15, 0.2) is 11.6 Å². The summed E-state index contributed by atoms with van der Waals surface area (Å²) in [5.74, 6) is -4.36. The lowest BCUT2D eigenvalue weighted by Crippen LogP contribution is -2.61. The number of hydrogen-bond donors (Lipinski definition) is 1. The Bertz CT molecular complexity index is 1500. The third-order valence-corrected chi connectivity index (χ3v) is 6.89. The molecule has 0 amide bonds. The van der Waals surface area contributed by atoms with Gasteiger partial charge in [0.2, 0.25) is 5.41 Å². The van der Waals surface area contributed by atoms with Crippen LogP contribution in [0.15, 0.2) is 60.7 Å². The number of benzene rings is 3. The number of esters is 1. The van der Waals surface area contributed by atoms with E-state index in [4.69, 9.17) is 14.2 Å². The van der Waals surface area contributed by atoms with Gasteiger partial charge in [-0.25, -0.2) is 0 Å². The van der Waals surface area contributed by atoms with Crippen LogP contribution in [0, 0.1) is 0 Å². The van der Waals surface area contributed by atoms with Crippen LogP contribution in [-0.2, 0) is 19.7 Å². The summed E-state index contributed by atoms with van der Waals surface area (Å²) in [7, 11) is 1.17. The van der Waals surface area contributed by atoms with Gasteiger partial charge in [-0.1, -0.05) is 54.6 Å². The highest BCUT2D eigenvalue weighted by molar-refractivity contribution is 6.31. The van der Waals surface area contributed by atoms with Gasteiger partial charge in [0.1, 0.15) is 11.5 Å². The standard InChI is InChI=1S/C27H20O7/c1-25(2)12-13-26(34-25)27(24(31)32-3)19-18(21(29)15-9-5-7-11-17(15)23(27)30)20(28)14-8-4-6-10-16(14)22(19)33-26/h4-13,28H,1-3H3/t26-,27+/m0/s1. The molecule has 7 heteroatoms. The van der Waals surface area contributed by atoms with Gasteiger partial charge in [-0.3, -0.25) is 14.4 Å². The summed E-state index contributed by atoms with van der Waals surface area (Å²) in [6, 6.07) is 13.0. The molecule has 34 heavy (non-hydrogen) atoms. The predicted octanol–water partition coefficient (Wildman–Crippen LogP) is 3.84. The van der Waals surface area contributed by atoms with Crippen molar-refractivity contribution >= 4 is 28.3 Å². The molecule has 0 saturated carbocycles.